The van der Waals surface area contributed by atoms with Crippen LogP contribution in [-0.4, -0.2) is 10.5 Å². The summed E-state index contributed by atoms with van der Waals surface area (Å²) in [6, 6.07) is 0. The molecule has 0 radical (unpaired) electrons. The van der Waals surface area contributed by atoms with E-state index >= 15 is 0 Å². The molecular formula is C11H20N2S. The third kappa shape index (κ3) is 3.07. The van der Waals surface area contributed by atoms with Crippen LogP contribution in [0.1, 0.15) is 44.3 Å². The Kier molecular flexibility index (Phi) is 4.08. The standard InChI is InChI=1S/C11H20N2S/c1-5-11(4,6-2)12-7-10-8-14-9(3)13-10/h8,12H,5-7H2,1-4H3. The SMILES string of the molecule is CCC(C)(CC)NCc1csc(C)n1. The van der Waals surface area contributed by atoms with Crippen molar-refractivity contribution in [3.8, 4) is 0 Å². The van der Waals surface area contributed by atoms with Gasteiger partial charge in [0.05, 0.1) is 10.7 Å². The predicted molar refractivity (Wildman–Crippen MR) is 62.7 cm³/mol. The van der Waals surface area contributed by atoms with Gasteiger partial charge in [-0.25, -0.2) is 4.98 Å². The van der Waals surface area contributed by atoms with Gasteiger partial charge in [0.15, 0.2) is 0 Å². The fraction of sp³-hybridized carbons (Fsp3) is 0.727. The van der Waals surface area contributed by atoms with Crippen molar-refractivity contribution in [2.75, 3.05) is 0 Å². The number of aryl methyl sites for hydroxylation is 1. The minimum absolute atomic E-state index is 0.261. The number of hydrogen-bond donors (Lipinski definition) is 1. The van der Waals surface area contributed by atoms with Crippen LogP contribution in [0.15, 0.2) is 5.38 Å². The van der Waals surface area contributed by atoms with Crippen molar-refractivity contribution in [1.29, 1.82) is 0 Å². The Morgan fingerprint density at radius 3 is 2.50 bits per heavy atom. The van der Waals surface area contributed by atoms with Gasteiger partial charge in [0, 0.05) is 17.5 Å². The van der Waals surface area contributed by atoms with Crippen molar-refractivity contribution >= 4 is 11.3 Å². The second-order valence-electron chi connectivity index (χ2n) is 3.98. The monoisotopic (exact) mass is 212 g/mol. The van der Waals surface area contributed by atoms with Gasteiger partial charge in [-0.15, -0.1) is 11.3 Å². The Balaban J connectivity index is 2.47. The van der Waals surface area contributed by atoms with Gasteiger partial charge in [-0.05, 0) is 26.7 Å². The molecule has 1 aromatic heterocycles. The van der Waals surface area contributed by atoms with E-state index in [0.29, 0.717) is 0 Å². The lowest BCUT2D eigenvalue weighted by Crippen LogP contribution is -2.40. The van der Waals surface area contributed by atoms with Gasteiger partial charge < -0.3 is 5.32 Å². The Hall–Kier alpha value is -0.410. The molecule has 0 aliphatic rings. The van der Waals surface area contributed by atoms with E-state index in [0.717, 1.165) is 24.4 Å². The molecule has 0 aliphatic heterocycles. The van der Waals surface area contributed by atoms with Gasteiger partial charge in [0.2, 0.25) is 0 Å². The molecule has 1 heterocycles. The first-order chi connectivity index (χ1) is 6.59. The second-order valence-corrected chi connectivity index (χ2v) is 5.04. The number of rotatable bonds is 5. The number of nitrogens with zero attached hydrogens (tertiary/aromatic N) is 1. The molecule has 0 unspecified atom stereocenters. The van der Waals surface area contributed by atoms with Gasteiger partial charge in [-0.2, -0.15) is 0 Å². The molecule has 80 valence electrons. The van der Waals surface area contributed by atoms with Crippen LogP contribution < -0.4 is 5.32 Å². The largest absolute Gasteiger partial charge is 0.306 e. The number of hydrogen-bond acceptors (Lipinski definition) is 3. The van der Waals surface area contributed by atoms with Crippen LogP contribution in [0.4, 0.5) is 0 Å². The zero-order valence-electron chi connectivity index (χ0n) is 9.55. The van der Waals surface area contributed by atoms with E-state index in [4.69, 9.17) is 0 Å². The summed E-state index contributed by atoms with van der Waals surface area (Å²) in [5.74, 6) is 0. The third-order valence-electron chi connectivity index (χ3n) is 2.92. The summed E-state index contributed by atoms with van der Waals surface area (Å²) in [6.45, 7) is 9.66. The summed E-state index contributed by atoms with van der Waals surface area (Å²) < 4.78 is 0. The van der Waals surface area contributed by atoms with Crippen LogP contribution in [0.5, 0.6) is 0 Å². The van der Waals surface area contributed by atoms with Gasteiger partial charge in [0.25, 0.3) is 0 Å². The summed E-state index contributed by atoms with van der Waals surface area (Å²) >= 11 is 1.72. The quantitative estimate of drug-likeness (QED) is 0.811. The second kappa shape index (κ2) is 4.89. The smallest absolute Gasteiger partial charge is 0.0897 e. The van der Waals surface area contributed by atoms with Crippen molar-refractivity contribution < 1.29 is 0 Å². The lowest BCUT2D eigenvalue weighted by molar-refractivity contribution is 0.328. The van der Waals surface area contributed by atoms with Crippen LogP contribution in [0, 0.1) is 6.92 Å². The Morgan fingerprint density at radius 2 is 2.07 bits per heavy atom. The maximum atomic E-state index is 4.44. The van der Waals surface area contributed by atoms with E-state index in [1.807, 2.05) is 6.92 Å². The molecule has 1 aromatic rings. The third-order valence-corrected chi connectivity index (χ3v) is 3.75. The first-order valence-electron chi connectivity index (χ1n) is 5.25. The fourth-order valence-corrected chi connectivity index (χ4v) is 1.91. The van der Waals surface area contributed by atoms with Crippen molar-refractivity contribution in [2.45, 2.75) is 52.6 Å². The van der Waals surface area contributed by atoms with E-state index < -0.39 is 0 Å². The molecule has 0 saturated heterocycles. The van der Waals surface area contributed by atoms with E-state index in [-0.39, 0.29) is 5.54 Å². The summed E-state index contributed by atoms with van der Waals surface area (Å²) in [6.07, 6.45) is 2.32. The maximum absolute atomic E-state index is 4.44. The van der Waals surface area contributed by atoms with Crippen LogP contribution >= 0.6 is 11.3 Å². The molecule has 0 aromatic carbocycles. The Bertz CT molecular complexity index is 277. The molecule has 1 rings (SSSR count). The lowest BCUT2D eigenvalue weighted by atomic mass is 9.95. The first kappa shape index (κ1) is 11.7. The van der Waals surface area contributed by atoms with Crippen LogP contribution in [0.3, 0.4) is 0 Å². The van der Waals surface area contributed by atoms with Crippen molar-refractivity contribution in [1.82, 2.24) is 10.3 Å². The molecule has 2 nitrogen and oxygen atoms in total. The van der Waals surface area contributed by atoms with E-state index in [9.17, 15) is 0 Å². The van der Waals surface area contributed by atoms with Crippen LogP contribution in [0.2, 0.25) is 0 Å². The van der Waals surface area contributed by atoms with Crippen molar-refractivity contribution in [3.05, 3.63) is 16.1 Å². The van der Waals surface area contributed by atoms with E-state index in [1.54, 1.807) is 11.3 Å². The fourth-order valence-electron chi connectivity index (χ4n) is 1.29. The van der Waals surface area contributed by atoms with Gasteiger partial charge >= 0.3 is 0 Å². The highest BCUT2D eigenvalue weighted by molar-refractivity contribution is 7.09. The van der Waals surface area contributed by atoms with Gasteiger partial charge in [0.1, 0.15) is 0 Å². The molecule has 1 N–H and O–H groups in total. The normalized spacial score (nSPS) is 12.0. The first-order valence-corrected chi connectivity index (χ1v) is 6.13. The zero-order chi connectivity index (χ0) is 10.6. The molecule has 0 fully saturated rings. The summed E-state index contributed by atoms with van der Waals surface area (Å²) in [5, 5.41) is 6.85. The molecule has 3 heteroatoms. The molecule has 0 saturated carbocycles. The molecular weight excluding hydrogens is 192 g/mol. The molecule has 0 aliphatic carbocycles. The van der Waals surface area contributed by atoms with Crippen LogP contribution in [0.25, 0.3) is 0 Å². The van der Waals surface area contributed by atoms with Crippen molar-refractivity contribution in [2.24, 2.45) is 0 Å². The minimum Gasteiger partial charge on any atom is -0.306 e. The lowest BCUT2D eigenvalue weighted by Gasteiger charge is -2.27. The Labute approximate surface area is 90.8 Å². The number of thiazole rings is 1. The van der Waals surface area contributed by atoms with Gasteiger partial charge in [-0.1, -0.05) is 13.8 Å². The van der Waals surface area contributed by atoms with Crippen molar-refractivity contribution in [3.63, 3.8) is 0 Å². The topological polar surface area (TPSA) is 24.9 Å². The summed E-state index contributed by atoms with van der Waals surface area (Å²) in [4.78, 5) is 4.44. The molecule has 0 atom stereocenters. The molecule has 0 bridgehead atoms. The molecule has 14 heavy (non-hydrogen) atoms. The number of aromatic nitrogens is 1. The van der Waals surface area contributed by atoms with E-state index in [1.165, 1.54) is 5.69 Å². The molecule has 0 spiro atoms. The highest BCUT2D eigenvalue weighted by atomic mass is 32.1. The highest BCUT2D eigenvalue weighted by Gasteiger charge is 2.18. The number of nitrogens with one attached hydrogen (secondary N) is 1. The summed E-state index contributed by atoms with van der Waals surface area (Å²) in [5.41, 5.74) is 1.43. The Morgan fingerprint density at radius 1 is 1.43 bits per heavy atom. The average Bonchev–Trinajstić information content (AvgIpc) is 2.61. The minimum atomic E-state index is 0.261. The van der Waals surface area contributed by atoms with Crippen LogP contribution in [-0.2, 0) is 6.54 Å². The van der Waals surface area contributed by atoms with E-state index in [2.05, 4.69) is 36.5 Å². The molecule has 0 amide bonds. The van der Waals surface area contributed by atoms with Gasteiger partial charge in [-0.3, -0.25) is 0 Å². The highest BCUT2D eigenvalue weighted by Crippen LogP contribution is 2.15. The maximum Gasteiger partial charge on any atom is 0.0897 e. The zero-order valence-corrected chi connectivity index (χ0v) is 10.4. The summed E-state index contributed by atoms with van der Waals surface area (Å²) in [7, 11) is 0. The predicted octanol–water partition coefficient (Wildman–Crippen LogP) is 3.12. The average molecular weight is 212 g/mol.